The van der Waals surface area contributed by atoms with Gasteiger partial charge in [0, 0.05) is 35.1 Å². The van der Waals surface area contributed by atoms with E-state index in [1.54, 1.807) is 0 Å². The molecule has 7 nitrogen and oxygen atoms in total. The summed E-state index contributed by atoms with van der Waals surface area (Å²) in [5, 5.41) is 20.0. The molecule has 0 saturated heterocycles. The third-order valence-corrected chi connectivity index (χ3v) is 6.92. The summed E-state index contributed by atoms with van der Waals surface area (Å²) in [5.74, 6) is -0.113. The van der Waals surface area contributed by atoms with Crippen LogP contribution in [0.15, 0.2) is 66.9 Å². The number of hydrogen-bond donors (Lipinski definition) is 2. The molecule has 8 heteroatoms. The van der Waals surface area contributed by atoms with Gasteiger partial charge in [0.05, 0.1) is 19.6 Å². The number of carboxylic acid groups (broad SMARTS) is 2. The van der Waals surface area contributed by atoms with Crippen LogP contribution in [0.5, 0.6) is 11.5 Å². The second-order valence-corrected chi connectivity index (χ2v) is 10.3. The van der Waals surface area contributed by atoms with Gasteiger partial charge in [0.2, 0.25) is 0 Å². The van der Waals surface area contributed by atoms with Gasteiger partial charge in [-0.25, -0.2) is 0 Å². The van der Waals surface area contributed by atoms with Crippen molar-refractivity contribution in [3.63, 3.8) is 0 Å². The number of carboxylic acids is 2. The Hall–Kier alpha value is -4.23. The molecule has 0 unspecified atom stereocenters. The monoisotopic (exact) mass is 575 g/mol. The molecule has 4 rings (SSSR count). The maximum absolute atomic E-state index is 11.5. The lowest BCUT2D eigenvalue weighted by Crippen LogP contribution is -2.03. The highest BCUT2D eigenvalue weighted by molar-refractivity contribution is 6.30. The number of aryl methyl sites for hydroxylation is 2. The molecule has 214 valence electrons. The van der Waals surface area contributed by atoms with E-state index < -0.39 is 11.9 Å². The average molecular weight is 576 g/mol. The van der Waals surface area contributed by atoms with Crippen molar-refractivity contribution in [2.24, 2.45) is 0 Å². The maximum atomic E-state index is 11.5. The Labute approximate surface area is 244 Å². The van der Waals surface area contributed by atoms with Crippen molar-refractivity contribution in [3.8, 4) is 11.5 Å². The molecule has 0 saturated carbocycles. The molecule has 4 aromatic rings. The van der Waals surface area contributed by atoms with Crippen LogP contribution in [0, 0.1) is 6.92 Å². The largest absolute Gasteiger partial charge is 0.494 e. The van der Waals surface area contributed by atoms with Crippen LogP contribution in [0.1, 0.15) is 47.9 Å². The normalized spacial score (nSPS) is 11.3. The maximum Gasteiger partial charge on any atom is 0.307 e. The molecule has 1 heterocycles. The van der Waals surface area contributed by atoms with Gasteiger partial charge in [0.1, 0.15) is 11.5 Å². The Kier molecular flexibility index (Phi) is 10.5. The van der Waals surface area contributed by atoms with E-state index >= 15 is 0 Å². The summed E-state index contributed by atoms with van der Waals surface area (Å²) in [4.78, 5) is 22.5. The predicted molar refractivity (Wildman–Crippen MR) is 162 cm³/mol. The molecule has 0 fully saturated rings. The van der Waals surface area contributed by atoms with Gasteiger partial charge in [-0.05, 0) is 84.8 Å². The predicted octanol–water partition coefficient (Wildman–Crippen LogP) is 7.50. The molecule has 41 heavy (non-hydrogen) atoms. The van der Waals surface area contributed by atoms with Crippen LogP contribution in [-0.4, -0.2) is 39.9 Å². The van der Waals surface area contributed by atoms with Gasteiger partial charge in [-0.1, -0.05) is 48.0 Å². The zero-order valence-corrected chi connectivity index (χ0v) is 23.8. The zero-order valence-electron chi connectivity index (χ0n) is 23.0. The SMILES string of the molecule is Cc1cc(Cl)ccc1OCCCCOc1ccc(C=Cc2cccc3c2c(CC(=O)O)cn3CCCC(=O)O)cc1. The highest BCUT2D eigenvalue weighted by Crippen LogP contribution is 2.28. The van der Waals surface area contributed by atoms with Crippen LogP contribution in [0.4, 0.5) is 0 Å². The molecule has 0 radical (unpaired) electrons. The first-order chi connectivity index (χ1) is 19.8. The second kappa shape index (κ2) is 14.4. The number of aromatic nitrogens is 1. The summed E-state index contributed by atoms with van der Waals surface area (Å²) in [5.41, 5.74) is 4.52. The molecule has 3 aromatic carbocycles. The van der Waals surface area contributed by atoms with Gasteiger partial charge < -0.3 is 24.3 Å². The highest BCUT2D eigenvalue weighted by atomic mass is 35.5. The fourth-order valence-electron chi connectivity index (χ4n) is 4.70. The van der Waals surface area contributed by atoms with Gasteiger partial charge >= 0.3 is 11.9 Å². The summed E-state index contributed by atoms with van der Waals surface area (Å²) in [6.07, 6.45) is 7.96. The van der Waals surface area contributed by atoms with Gasteiger partial charge in [-0.15, -0.1) is 0 Å². The molecule has 0 spiro atoms. The molecule has 0 atom stereocenters. The summed E-state index contributed by atoms with van der Waals surface area (Å²) in [6.45, 7) is 3.69. The van der Waals surface area contributed by atoms with Crippen molar-refractivity contribution >= 4 is 46.6 Å². The highest BCUT2D eigenvalue weighted by Gasteiger charge is 2.14. The molecule has 0 aliphatic carbocycles. The minimum atomic E-state index is -0.909. The number of ether oxygens (including phenoxy) is 2. The number of nitrogens with zero attached hydrogens (tertiary/aromatic N) is 1. The van der Waals surface area contributed by atoms with Crippen molar-refractivity contribution in [3.05, 3.63) is 94.1 Å². The Balaban J connectivity index is 1.33. The van der Waals surface area contributed by atoms with Crippen LogP contribution in [0.25, 0.3) is 23.1 Å². The third-order valence-electron chi connectivity index (χ3n) is 6.69. The summed E-state index contributed by atoms with van der Waals surface area (Å²) < 4.78 is 13.7. The van der Waals surface area contributed by atoms with Gasteiger partial charge in [-0.3, -0.25) is 9.59 Å². The van der Waals surface area contributed by atoms with E-state index in [0.717, 1.165) is 51.9 Å². The van der Waals surface area contributed by atoms with Crippen LogP contribution in [-0.2, 0) is 22.6 Å². The number of fused-ring (bicyclic) bond motifs is 1. The first-order valence-electron chi connectivity index (χ1n) is 13.6. The molecular formula is C33H34ClNO6. The fourth-order valence-corrected chi connectivity index (χ4v) is 4.93. The van der Waals surface area contributed by atoms with Crippen molar-refractivity contribution in [2.75, 3.05) is 13.2 Å². The second-order valence-electron chi connectivity index (χ2n) is 9.87. The Bertz CT molecular complexity index is 1520. The average Bonchev–Trinajstić information content (AvgIpc) is 3.28. The van der Waals surface area contributed by atoms with E-state index in [4.69, 9.17) is 26.2 Å². The first kappa shape index (κ1) is 29.7. The minimum Gasteiger partial charge on any atom is -0.494 e. The summed E-state index contributed by atoms with van der Waals surface area (Å²) in [7, 11) is 0. The molecule has 2 N–H and O–H groups in total. The van der Waals surface area contributed by atoms with E-state index in [-0.39, 0.29) is 12.8 Å². The Morgan fingerprint density at radius 3 is 2.37 bits per heavy atom. The van der Waals surface area contributed by atoms with Crippen molar-refractivity contribution < 1.29 is 29.3 Å². The fraction of sp³-hybridized carbons (Fsp3) is 0.273. The molecule has 0 aliphatic heterocycles. The number of aliphatic carboxylic acids is 2. The van der Waals surface area contributed by atoms with Crippen LogP contribution >= 0.6 is 11.6 Å². The lowest BCUT2D eigenvalue weighted by Gasteiger charge is -2.10. The van der Waals surface area contributed by atoms with Crippen molar-refractivity contribution in [1.29, 1.82) is 0 Å². The van der Waals surface area contributed by atoms with E-state index in [1.807, 2.05) is 90.5 Å². The van der Waals surface area contributed by atoms with Crippen molar-refractivity contribution in [1.82, 2.24) is 4.57 Å². The number of benzene rings is 3. The number of rotatable bonds is 15. The number of halogens is 1. The Morgan fingerprint density at radius 2 is 1.66 bits per heavy atom. The smallest absolute Gasteiger partial charge is 0.307 e. The topological polar surface area (TPSA) is 98.0 Å². The van der Waals surface area contributed by atoms with Gasteiger partial charge in [-0.2, -0.15) is 0 Å². The standard InChI is InChI=1S/C33H34ClNO6/c1-23-20-27(34)13-16-30(23)41-19-3-2-18-40-28-14-10-24(11-15-28)9-12-25-6-4-7-29-33(25)26(21-32(38)39)22-35(29)17-5-8-31(36)37/h4,6-7,9-16,20,22H,2-3,5,8,17-19,21H2,1H3,(H,36,37)(H,38,39). The molecule has 1 aromatic heterocycles. The zero-order chi connectivity index (χ0) is 29.2. The minimum absolute atomic E-state index is 0.0612. The van der Waals surface area contributed by atoms with E-state index in [2.05, 4.69) is 0 Å². The summed E-state index contributed by atoms with van der Waals surface area (Å²) >= 11 is 5.99. The quantitative estimate of drug-likeness (QED) is 0.112. The molecule has 0 aliphatic rings. The van der Waals surface area contributed by atoms with Crippen LogP contribution in [0.2, 0.25) is 5.02 Å². The third kappa shape index (κ3) is 8.63. The van der Waals surface area contributed by atoms with Crippen LogP contribution < -0.4 is 9.47 Å². The molecule has 0 amide bonds. The molecule has 0 bridgehead atoms. The van der Waals surface area contributed by atoms with E-state index in [1.165, 1.54) is 0 Å². The lowest BCUT2D eigenvalue weighted by molar-refractivity contribution is -0.137. The number of hydrogen-bond acceptors (Lipinski definition) is 4. The van der Waals surface area contributed by atoms with Gasteiger partial charge in [0.15, 0.2) is 0 Å². The van der Waals surface area contributed by atoms with Crippen molar-refractivity contribution in [2.45, 2.75) is 45.6 Å². The van der Waals surface area contributed by atoms with E-state index in [0.29, 0.717) is 36.8 Å². The lowest BCUT2D eigenvalue weighted by atomic mass is 10.0. The van der Waals surface area contributed by atoms with E-state index in [9.17, 15) is 14.7 Å². The first-order valence-corrected chi connectivity index (χ1v) is 14.0. The van der Waals surface area contributed by atoms with Crippen LogP contribution in [0.3, 0.4) is 0 Å². The number of unbranched alkanes of at least 4 members (excludes halogenated alkanes) is 1. The summed E-state index contributed by atoms with van der Waals surface area (Å²) in [6, 6.07) is 19.3. The molecular weight excluding hydrogens is 542 g/mol. The van der Waals surface area contributed by atoms with Gasteiger partial charge in [0.25, 0.3) is 0 Å². The number of carbonyl (C=O) groups is 2. The Morgan fingerprint density at radius 1 is 0.902 bits per heavy atom.